The van der Waals surface area contributed by atoms with Gasteiger partial charge in [-0.2, -0.15) is 0 Å². The Bertz CT molecular complexity index is 351. The second-order valence-corrected chi connectivity index (χ2v) is 4.08. The van der Waals surface area contributed by atoms with E-state index in [1.807, 2.05) is 19.1 Å². The van der Waals surface area contributed by atoms with E-state index in [9.17, 15) is 4.79 Å². The molecule has 1 unspecified atom stereocenters. The molecule has 1 aromatic heterocycles. The second kappa shape index (κ2) is 4.43. The fraction of sp³-hybridized carbons (Fsp3) is 0.500. The minimum Gasteiger partial charge on any atom is -0.347 e. The Morgan fingerprint density at radius 1 is 1.53 bits per heavy atom. The van der Waals surface area contributed by atoms with Crippen molar-refractivity contribution in [3.63, 3.8) is 0 Å². The molecule has 1 fully saturated rings. The maximum absolute atomic E-state index is 11.0. The van der Waals surface area contributed by atoms with E-state index in [-0.39, 0.29) is 6.04 Å². The van der Waals surface area contributed by atoms with Gasteiger partial charge in [-0.25, -0.2) is 4.98 Å². The number of aromatic nitrogens is 1. The van der Waals surface area contributed by atoms with Crippen LogP contribution in [0.2, 0.25) is 0 Å². The molecule has 0 aromatic carbocycles. The molecule has 3 heteroatoms. The Labute approximate surface area is 90.1 Å². The van der Waals surface area contributed by atoms with Crippen molar-refractivity contribution in [2.75, 3.05) is 11.4 Å². The molecular formula is C12H16N2O. The van der Waals surface area contributed by atoms with Gasteiger partial charge in [-0.1, -0.05) is 0 Å². The monoisotopic (exact) mass is 204 g/mol. The first-order valence-electron chi connectivity index (χ1n) is 5.46. The smallest absolute Gasteiger partial charge is 0.142 e. The third kappa shape index (κ3) is 2.17. The van der Waals surface area contributed by atoms with Crippen LogP contribution in [0.15, 0.2) is 18.3 Å². The summed E-state index contributed by atoms with van der Waals surface area (Å²) in [4.78, 5) is 17.4. The third-order valence-corrected chi connectivity index (χ3v) is 2.90. The number of carbonyl (C=O) groups excluding carboxylic acids is 1. The Morgan fingerprint density at radius 3 is 3.13 bits per heavy atom. The Balaban J connectivity index is 2.23. The highest BCUT2D eigenvalue weighted by Gasteiger charge is 2.22. The minimum atomic E-state index is 0.0213. The number of nitrogens with zero attached hydrogens (tertiary/aromatic N) is 2. The largest absolute Gasteiger partial charge is 0.347 e. The lowest BCUT2D eigenvalue weighted by molar-refractivity contribution is -0.109. The molecule has 0 aliphatic carbocycles. The van der Waals surface area contributed by atoms with Crippen molar-refractivity contribution in [1.29, 1.82) is 0 Å². The zero-order chi connectivity index (χ0) is 10.7. The number of carbonyl (C=O) groups is 1. The molecule has 80 valence electrons. The molecular weight excluding hydrogens is 188 g/mol. The number of aryl methyl sites for hydroxylation is 1. The zero-order valence-electron chi connectivity index (χ0n) is 9.02. The maximum Gasteiger partial charge on any atom is 0.142 e. The normalized spacial score (nSPS) is 21.4. The van der Waals surface area contributed by atoms with Crippen molar-refractivity contribution in [2.45, 2.75) is 32.2 Å². The van der Waals surface area contributed by atoms with Crippen molar-refractivity contribution >= 4 is 12.1 Å². The van der Waals surface area contributed by atoms with Crippen LogP contribution in [0.5, 0.6) is 0 Å². The zero-order valence-corrected chi connectivity index (χ0v) is 9.02. The summed E-state index contributed by atoms with van der Waals surface area (Å²) < 4.78 is 0. The summed E-state index contributed by atoms with van der Waals surface area (Å²) in [6.07, 6.45) is 6.11. The van der Waals surface area contributed by atoms with Crippen molar-refractivity contribution in [3.8, 4) is 0 Å². The quantitative estimate of drug-likeness (QED) is 0.690. The number of anilines is 1. The first kappa shape index (κ1) is 10.1. The molecule has 0 saturated carbocycles. The van der Waals surface area contributed by atoms with E-state index in [1.54, 1.807) is 6.20 Å². The molecule has 15 heavy (non-hydrogen) atoms. The number of pyridine rings is 1. The van der Waals surface area contributed by atoms with E-state index in [0.717, 1.165) is 37.9 Å². The van der Waals surface area contributed by atoms with Gasteiger partial charge in [0.05, 0.1) is 6.04 Å². The summed E-state index contributed by atoms with van der Waals surface area (Å²) in [5.41, 5.74) is 1.19. The van der Waals surface area contributed by atoms with E-state index >= 15 is 0 Å². The van der Waals surface area contributed by atoms with Crippen molar-refractivity contribution in [2.24, 2.45) is 0 Å². The number of hydrogen-bond donors (Lipinski definition) is 0. The van der Waals surface area contributed by atoms with Crippen molar-refractivity contribution in [3.05, 3.63) is 23.9 Å². The number of hydrogen-bond acceptors (Lipinski definition) is 3. The lowest BCUT2D eigenvalue weighted by Gasteiger charge is -2.33. The molecule has 1 aromatic rings. The fourth-order valence-corrected chi connectivity index (χ4v) is 2.06. The molecule has 0 bridgehead atoms. The van der Waals surface area contributed by atoms with Gasteiger partial charge in [0.2, 0.25) is 0 Å². The Hall–Kier alpha value is -1.38. The standard InChI is InChI=1S/C12H16N2O/c1-10-5-6-13-12(8-10)14-7-3-2-4-11(14)9-15/h5-6,8-9,11H,2-4,7H2,1H3. The molecule has 1 atom stereocenters. The lowest BCUT2D eigenvalue weighted by Crippen LogP contribution is -2.41. The van der Waals surface area contributed by atoms with Gasteiger partial charge in [-0.3, -0.25) is 0 Å². The molecule has 1 aliphatic rings. The van der Waals surface area contributed by atoms with Crippen LogP contribution < -0.4 is 4.90 Å². The molecule has 0 N–H and O–H groups in total. The van der Waals surface area contributed by atoms with Crippen LogP contribution in [0.3, 0.4) is 0 Å². The molecule has 0 spiro atoms. The summed E-state index contributed by atoms with van der Waals surface area (Å²) in [7, 11) is 0. The summed E-state index contributed by atoms with van der Waals surface area (Å²) in [6.45, 7) is 2.99. The molecule has 2 rings (SSSR count). The van der Waals surface area contributed by atoms with E-state index in [2.05, 4.69) is 9.88 Å². The van der Waals surface area contributed by atoms with Gasteiger partial charge in [-0.15, -0.1) is 0 Å². The molecule has 2 heterocycles. The first-order chi connectivity index (χ1) is 7.31. The average molecular weight is 204 g/mol. The predicted molar refractivity (Wildman–Crippen MR) is 60.0 cm³/mol. The van der Waals surface area contributed by atoms with Gasteiger partial charge < -0.3 is 9.69 Å². The maximum atomic E-state index is 11.0. The average Bonchev–Trinajstić information content (AvgIpc) is 2.29. The summed E-state index contributed by atoms with van der Waals surface area (Å²) >= 11 is 0. The minimum absolute atomic E-state index is 0.0213. The van der Waals surface area contributed by atoms with Crippen molar-refractivity contribution in [1.82, 2.24) is 4.98 Å². The number of piperidine rings is 1. The second-order valence-electron chi connectivity index (χ2n) is 4.08. The van der Waals surface area contributed by atoms with Gasteiger partial charge in [0.1, 0.15) is 12.1 Å². The molecule has 3 nitrogen and oxygen atoms in total. The van der Waals surface area contributed by atoms with Gasteiger partial charge in [0.15, 0.2) is 0 Å². The molecule has 1 saturated heterocycles. The summed E-state index contributed by atoms with van der Waals surface area (Å²) in [5, 5.41) is 0. The summed E-state index contributed by atoms with van der Waals surface area (Å²) in [6, 6.07) is 4.04. The highest BCUT2D eigenvalue weighted by Crippen LogP contribution is 2.22. The summed E-state index contributed by atoms with van der Waals surface area (Å²) in [5.74, 6) is 0.937. The Kier molecular flexibility index (Phi) is 2.99. The van der Waals surface area contributed by atoms with E-state index in [1.165, 1.54) is 5.56 Å². The highest BCUT2D eigenvalue weighted by atomic mass is 16.1. The predicted octanol–water partition coefficient (Wildman–Crippen LogP) is 1.95. The lowest BCUT2D eigenvalue weighted by atomic mass is 10.0. The Morgan fingerprint density at radius 2 is 2.40 bits per heavy atom. The van der Waals surface area contributed by atoms with E-state index in [0.29, 0.717) is 0 Å². The molecule has 0 radical (unpaired) electrons. The van der Waals surface area contributed by atoms with Gasteiger partial charge in [0, 0.05) is 12.7 Å². The van der Waals surface area contributed by atoms with Crippen LogP contribution in [0, 0.1) is 6.92 Å². The highest BCUT2D eigenvalue weighted by molar-refractivity contribution is 5.65. The number of rotatable bonds is 2. The first-order valence-corrected chi connectivity index (χ1v) is 5.46. The van der Waals surface area contributed by atoms with Gasteiger partial charge in [0.25, 0.3) is 0 Å². The topological polar surface area (TPSA) is 33.2 Å². The number of aldehydes is 1. The fourth-order valence-electron chi connectivity index (χ4n) is 2.06. The van der Waals surface area contributed by atoms with Gasteiger partial charge >= 0.3 is 0 Å². The van der Waals surface area contributed by atoms with Crippen LogP contribution in [-0.2, 0) is 4.79 Å². The third-order valence-electron chi connectivity index (χ3n) is 2.90. The van der Waals surface area contributed by atoms with Crippen LogP contribution >= 0.6 is 0 Å². The SMILES string of the molecule is Cc1ccnc(N2CCCCC2C=O)c1. The van der Waals surface area contributed by atoms with Crippen LogP contribution in [0.25, 0.3) is 0 Å². The van der Waals surface area contributed by atoms with Crippen LogP contribution in [-0.4, -0.2) is 23.9 Å². The molecule has 0 amide bonds. The van der Waals surface area contributed by atoms with E-state index < -0.39 is 0 Å². The van der Waals surface area contributed by atoms with Crippen molar-refractivity contribution < 1.29 is 4.79 Å². The van der Waals surface area contributed by atoms with Crippen LogP contribution in [0.1, 0.15) is 24.8 Å². The molecule has 1 aliphatic heterocycles. The van der Waals surface area contributed by atoms with Crippen LogP contribution in [0.4, 0.5) is 5.82 Å². The van der Waals surface area contributed by atoms with Gasteiger partial charge in [-0.05, 0) is 43.9 Å². The van der Waals surface area contributed by atoms with E-state index in [4.69, 9.17) is 0 Å².